The number of methoxy groups -OCH3 is 1. The Hall–Kier alpha value is -4.53. The summed E-state index contributed by atoms with van der Waals surface area (Å²) in [7, 11) is 1.32. The molecule has 33 heavy (non-hydrogen) atoms. The highest BCUT2D eigenvalue weighted by atomic mass is 16.5. The molecule has 4 rings (SSSR count). The SMILES string of the molecule is COC(=O)C1=CCC(c2nc(-c3ccccc3O)nc(-c3ccc(C(N)=O)cc3O)n2)C=C1. The first-order valence-electron chi connectivity index (χ1n) is 10.0. The number of aromatic nitrogens is 3. The molecular weight excluding hydrogens is 424 g/mol. The van der Waals surface area contributed by atoms with E-state index in [0.29, 0.717) is 23.4 Å². The van der Waals surface area contributed by atoms with Gasteiger partial charge in [0.05, 0.1) is 23.8 Å². The number of carbonyl (C=O) groups excluding carboxylic acids is 2. The molecule has 4 N–H and O–H groups in total. The summed E-state index contributed by atoms with van der Waals surface area (Å²) in [6, 6.07) is 10.8. The molecule has 0 spiro atoms. The maximum absolute atomic E-state index is 11.8. The zero-order valence-electron chi connectivity index (χ0n) is 17.6. The number of hydrogen-bond donors (Lipinski definition) is 3. The van der Waals surface area contributed by atoms with Gasteiger partial charge in [0.25, 0.3) is 0 Å². The van der Waals surface area contributed by atoms with Gasteiger partial charge in [-0.15, -0.1) is 0 Å². The van der Waals surface area contributed by atoms with Crippen molar-refractivity contribution in [2.75, 3.05) is 7.11 Å². The highest BCUT2D eigenvalue weighted by Gasteiger charge is 2.22. The van der Waals surface area contributed by atoms with Crippen molar-refractivity contribution in [3.8, 4) is 34.3 Å². The lowest BCUT2D eigenvalue weighted by Gasteiger charge is -2.16. The number of carbonyl (C=O) groups is 2. The van der Waals surface area contributed by atoms with Crippen molar-refractivity contribution in [3.63, 3.8) is 0 Å². The average molecular weight is 444 g/mol. The van der Waals surface area contributed by atoms with Crippen molar-refractivity contribution in [2.24, 2.45) is 5.73 Å². The minimum Gasteiger partial charge on any atom is -0.507 e. The zero-order valence-corrected chi connectivity index (χ0v) is 17.6. The number of phenols is 2. The second-order valence-corrected chi connectivity index (χ2v) is 7.31. The molecule has 0 fully saturated rings. The summed E-state index contributed by atoms with van der Waals surface area (Å²) in [5.74, 6) is -0.880. The minimum absolute atomic E-state index is 0.0130. The third-order valence-corrected chi connectivity index (χ3v) is 5.17. The summed E-state index contributed by atoms with van der Waals surface area (Å²) in [6.07, 6.45) is 5.61. The van der Waals surface area contributed by atoms with E-state index in [1.165, 1.54) is 31.4 Å². The Morgan fingerprint density at radius 3 is 2.27 bits per heavy atom. The van der Waals surface area contributed by atoms with Crippen LogP contribution in [0.15, 0.2) is 66.3 Å². The second kappa shape index (κ2) is 8.91. The fourth-order valence-electron chi connectivity index (χ4n) is 3.42. The van der Waals surface area contributed by atoms with E-state index in [-0.39, 0.29) is 40.2 Å². The van der Waals surface area contributed by atoms with Crippen LogP contribution in [0.1, 0.15) is 28.5 Å². The van der Waals surface area contributed by atoms with Gasteiger partial charge in [-0.05, 0) is 36.8 Å². The van der Waals surface area contributed by atoms with E-state index in [1.807, 2.05) is 0 Å². The number of aromatic hydroxyl groups is 2. The van der Waals surface area contributed by atoms with Crippen LogP contribution >= 0.6 is 0 Å². The predicted molar refractivity (Wildman–Crippen MR) is 119 cm³/mol. The summed E-state index contributed by atoms with van der Waals surface area (Å²) in [5, 5.41) is 20.8. The molecule has 0 saturated heterocycles. The molecule has 3 aromatic rings. The van der Waals surface area contributed by atoms with Crippen molar-refractivity contribution in [1.29, 1.82) is 0 Å². The molecule has 166 valence electrons. The summed E-state index contributed by atoms with van der Waals surface area (Å²) in [5.41, 5.74) is 6.52. The molecule has 9 heteroatoms. The smallest absolute Gasteiger partial charge is 0.337 e. The van der Waals surface area contributed by atoms with Gasteiger partial charge in [-0.1, -0.05) is 30.4 Å². The molecule has 1 aliphatic carbocycles. The van der Waals surface area contributed by atoms with E-state index in [9.17, 15) is 19.8 Å². The molecular formula is C24H20N4O5. The van der Waals surface area contributed by atoms with Crippen LogP contribution < -0.4 is 5.73 Å². The van der Waals surface area contributed by atoms with Gasteiger partial charge in [-0.2, -0.15) is 0 Å². The number of rotatable bonds is 5. The first-order chi connectivity index (χ1) is 15.9. The lowest BCUT2D eigenvalue weighted by molar-refractivity contribution is -0.135. The number of primary amides is 1. The monoisotopic (exact) mass is 444 g/mol. The molecule has 1 amide bonds. The largest absolute Gasteiger partial charge is 0.507 e. The standard InChI is InChI=1S/C24H20N4O5/c1-33-24(32)14-8-6-13(7-9-14)21-26-22(16-4-2-3-5-18(16)29)28-23(27-21)17-11-10-15(20(25)31)12-19(17)30/h2-6,8-13,29-30H,7H2,1H3,(H2,25,31). The Bertz CT molecular complexity index is 1320. The number of nitrogens with zero attached hydrogens (tertiary/aromatic N) is 3. The van der Waals surface area contributed by atoms with E-state index >= 15 is 0 Å². The van der Waals surface area contributed by atoms with E-state index in [2.05, 4.69) is 15.0 Å². The van der Waals surface area contributed by atoms with Gasteiger partial charge in [-0.3, -0.25) is 4.79 Å². The third-order valence-electron chi connectivity index (χ3n) is 5.17. The molecule has 0 aliphatic heterocycles. The first kappa shape index (κ1) is 21.7. The molecule has 1 aliphatic rings. The maximum atomic E-state index is 11.8. The molecule has 2 aromatic carbocycles. The Labute approximate surface area is 188 Å². The lowest BCUT2D eigenvalue weighted by Crippen LogP contribution is -2.12. The van der Waals surface area contributed by atoms with Gasteiger partial charge >= 0.3 is 5.97 Å². The summed E-state index contributed by atoms with van der Waals surface area (Å²) >= 11 is 0. The lowest BCUT2D eigenvalue weighted by atomic mass is 9.95. The van der Waals surface area contributed by atoms with Gasteiger partial charge in [0.2, 0.25) is 5.91 Å². The number of allylic oxidation sites excluding steroid dienone is 2. The molecule has 1 heterocycles. The number of benzene rings is 2. The quantitative estimate of drug-likeness (QED) is 0.509. The Morgan fingerprint density at radius 2 is 1.70 bits per heavy atom. The van der Waals surface area contributed by atoms with E-state index in [1.54, 1.807) is 36.4 Å². The molecule has 0 radical (unpaired) electrons. The van der Waals surface area contributed by atoms with Gasteiger partial charge in [0.15, 0.2) is 11.6 Å². The number of hydrogen-bond acceptors (Lipinski definition) is 8. The summed E-state index contributed by atoms with van der Waals surface area (Å²) in [4.78, 5) is 36.7. The third kappa shape index (κ3) is 4.42. The fourth-order valence-corrected chi connectivity index (χ4v) is 3.42. The topological polar surface area (TPSA) is 149 Å². The van der Waals surface area contributed by atoms with E-state index < -0.39 is 11.9 Å². The Morgan fingerprint density at radius 1 is 1.00 bits per heavy atom. The summed E-state index contributed by atoms with van der Waals surface area (Å²) < 4.78 is 4.75. The predicted octanol–water partition coefficient (Wildman–Crippen LogP) is 2.86. The molecule has 0 saturated carbocycles. The second-order valence-electron chi connectivity index (χ2n) is 7.31. The van der Waals surface area contributed by atoms with Crippen LogP contribution in [0.4, 0.5) is 0 Å². The van der Waals surface area contributed by atoms with Crippen LogP contribution in [0.5, 0.6) is 11.5 Å². The van der Waals surface area contributed by atoms with Crippen molar-refractivity contribution in [1.82, 2.24) is 15.0 Å². The number of phenolic OH excluding ortho intramolecular Hbond substituents is 2. The van der Waals surface area contributed by atoms with Crippen molar-refractivity contribution >= 4 is 11.9 Å². The number of ether oxygens (including phenoxy) is 1. The van der Waals surface area contributed by atoms with Crippen molar-refractivity contribution in [2.45, 2.75) is 12.3 Å². The molecule has 9 nitrogen and oxygen atoms in total. The summed E-state index contributed by atoms with van der Waals surface area (Å²) in [6.45, 7) is 0. The van der Waals surface area contributed by atoms with Crippen molar-refractivity contribution in [3.05, 3.63) is 77.7 Å². The molecule has 1 unspecified atom stereocenters. The van der Waals surface area contributed by atoms with Crippen LogP contribution in [0.3, 0.4) is 0 Å². The highest BCUT2D eigenvalue weighted by Crippen LogP contribution is 2.33. The van der Waals surface area contributed by atoms with Gasteiger partial charge < -0.3 is 20.7 Å². The number of amides is 1. The Kier molecular flexibility index (Phi) is 5.86. The normalized spacial score (nSPS) is 15.1. The van der Waals surface area contributed by atoms with Crippen LogP contribution in [0.2, 0.25) is 0 Å². The number of esters is 1. The van der Waals surface area contributed by atoms with Crippen LogP contribution in [-0.2, 0) is 9.53 Å². The molecule has 1 aromatic heterocycles. The van der Waals surface area contributed by atoms with Gasteiger partial charge in [0, 0.05) is 11.5 Å². The maximum Gasteiger partial charge on any atom is 0.337 e. The average Bonchev–Trinajstić information content (AvgIpc) is 2.83. The van der Waals surface area contributed by atoms with Crippen LogP contribution in [0, 0.1) is 0 Å². The number of para-hydroxylation sites is 1. The molecule has 1 atom stereocenters. The van der Waals surface area contributed by atoms with Gasteiger partial charge in [0.1, 0.15) is 17.3 Å². The van der Waals surface area contributed by atoms with Crippen LogP contribution in [0.25, 0.3) is 22.8 Å². The van der Waals surface area contributed by atoms with E-state index in [0.717, 1.165) is 0 Å². The van der Waals surface area contributed by atoms with Gasteiger partial charge in [-0.25, -0.2) is 19.7 Å². The Balaban J connectivity index is 1.82. The molecule has 0 bridgehead atoms. The van der Waals surface area contributed by atoms with Crippen molar-refractivity contribution < 1.29 is 24.5 Å². The van der Waals surface area contributed by atoms with E-state index in [4.69, 9.17) is 10.5 Å². The number of nitrogens with two attached hydrogens (primary N) is 1. The zero-order chi connectivity index (χ0) is 23.5. The fraction of sp³-hybridized carbons (Fsp3) is 0.125. The highest BCUT2D eigenvalue weighted by molar-refractivity contribution is 5.94. The minimum atomic E-state index is -0.677. The van der Waals surface area contributed by atoms with Crippen LogP contribution in [-0.4, -0.2) is 44.2 Å². The first-order valence-corrected chi connectivity index (χ1v) is 10.0.